The number of carbonyl (C=O) groups excluding carboxylic acids is 1. The quantitative estimate of drug-likeness (QED) is 0.0327. The van der Waals surface area contributed by atoms with Gasteiger partial charge >= 0.3 is 25.6 Å². The van der Waals surface area contributed by atoms with Crippen LogP contribution in [0.1, 0.15) is 23.0 Å². The summed E-state index contributed by atoms with van der Waals surface area (Å²) in [7, 11) is -4.10. The van der Waals surface area contributed by atoms with Crippen molar-refractivity contribution in [2.45, 2.75) is 6.92 Å². The molecule has 2 amide bonds. The van der Waals surface area contributed by atoms with E-state index in [0.29, 0.717) is 11.8 Å². The number of carboxylic acid groups (broad SMARTS) is 2. The first-order valence-electron chi connectivity index (χ1n) is 14.1. The second kappa shape index (κ2) is 20.0. The highest BCUT2D eigenvalue weighted by atomic mass is 35.5. The number of nitro groups is 1. The number of aromatic carboxylic acids is 1. The number of urea groups is 1. The zero-order valence-corrected chi connectivity index (χ0v) is 28.2. The van der Waals surface area contributed by atoms with E-state index in [9.17, 15) is 37.8 Å². The SMILES string of the molecule is C/C(=N\NC(=O)Nc1cc(F)cc(F)c1)c1ncccc1C(=O)O.Nc1c([N+](=O)[O-])ccc(Oc2ccccc2)c1Cl.O=C(O)CNCP(=O)(O)O. The first kappa shape index (κ1) is 42.1. The number of aliphatic carboxylic acids is 1. The molecule has 1 aromatic heterocycles. The first-order chi connectivity index (χ1) is 24.4. The Labute approximate surface area is 297 Å². The van der Waals surface area contributed by atoms with Gasteiger partial charge in [0.25, 0.3) is 5.69 Å². The summed E-state index contributed by atoms with van der Waals surface area (Å²) in [5.41, 5.74) is 7.40. The Kier molecular flexibility index (Phi) is 16.2. The highest BCUT2D eigenvalue weighted by Crippen LogP contribution is 2.38. The Morgan fingerprint density at radius 1 is 1.04 bits per heavy atom. The van der Waals surface area contributed by atoms with Crippen LogP contribution in [0.5, 0.6) is 11.5 Å². The van der Waals surface area contributed by atoms with Crippen LogP contribution in [0.15, 0.2) is 84.1 Å². The first-order valence-corrected chi connectivity index (χ1v) is 16.2. The van der Waals surface area contributed by atoms with Crippen molar-refractivity contribution in [3.8, 4) is 11.5 Å². The molecular formula is C30H29ClF2N7O11P. The molecule has 0 fully saturated rings. The highest BCUT2D eigenvalue weighted by Gasteiger charge is 2.18. The molecule has 0 aliphatic carbocycles. The van der Waals surface area contributed by atoms with Crippen LogP contribution in [0, 0.1) is 21.7 Å². The van der Waals surface area contributed by atoms with Gasteiger partial charge in [-0.3, -0.25) is 29.8 Å². The lowest BCUT2D eigenvalue weighted by Gasteiger charge is -2.08. The van der Waals surface area contributed by atoms with E-state index >= 15 is 0 Å². The van der Waals surface area contributed by atoms with E-state index in [4.69, 9.17) is 42.1 Å². The van der Waals surface area contributed by atoms with Crippen molar-refractivity contribution in [1.82, 2.24) is 15.7 Å². The Hall–Kier alpha value is -6.05. The van der Waals surface area contributed by atoms with Gasteiger partial charge in [-0.1, -0.05) is 29.8 Å². The fourth-order valence-corrected chi connectivity index (χ4v) is 4.17. The van der Waals surface area contributed by atoms with E-state index in [-0.39, 0.29) is 44.8 Å². The number of anilines is 2. The summed E-state index contributed by atoms with van der Waals surface area (Å²) >= 11 is 5.94. The average molecular weight is 768 g/mol. The number of halogens is 3. The summed E-state index contributed by atoms with van der Waals surface area (Å²) in [6.45, 7) is 1.02. The summed E-state index contributed by atoms with van der Waals surface area (Å²) in [6.07, 6.45) is 0.787. The predicted molar refractivity (Wildman–Crippen MR) is 184 cm³/mol. The molecule has 0 spiro atoms. The van der Waals surface area contributed by atoms with Gasteiger partial charge < -0.3 is 35.8 Å². The van der Waals surface area contributed by atoms with E-state index in [1.165, 1.54) is 37.4 Å². The van der Waals surface area contributed by atoms with Gasteiger partial charge in [0.1, 0.15) is 39.5 Å². The van der Waals surface area contributed by atoms with Crippen LogP contribution in [0.2, 0.25) is 5.02 Å². The molecule has 0 saturated carbocycles. The molecule has 18 nitrogen and oxygen atoms in total. The number of rotatable bonds is 11. The zero-order chi connectivity index (χ0) is 39.0. The number of hydrazone groups is 1. The van der Waals surface area contributed by atoms with E-state index in [1.807, 2.05) is 6.07 Å². The van der Waals surface area contributed by atoms with Gasteiger partial charge in [0.05, 0.1) is 29.0 Å². The van der Waals surface area contributed by atoms with Crippen LogP contribution in [-0.4, -0.2) is 66.4 Å². The standard InChI is InChI=1S/C15H12F2N4O3.C12H9ClN2O3.C3H8NO5P/c1-8(13-12(14(22)23)3-2-4-18-13)20-21-15(24)19-11-6-9(16)5-10(17)7-11;13-11-10(18-8-4-2-1-3-5-8)7-6-9(12(11)14)15(16)17;5-3(6)1-4-2-10(7,8)9/h2-7H,1H3,(H,22,23)(H2,19,21,24);1-7H,14H2;4H,1-2H2,(H,5,6)(H2,7,8,9)/b20-8+;;. The fraction of sp³-hybridized carbons (Fsp3) is 0.100. The van der Waals surface area contributed by atoms with Crippen molar-refractivity contribution in [2.75, 3.05) is 23.9 Å². The summed E-state index contributed by atoms with van der Waals surface area (Å²) < 4.78 is 41.6. The number of nitrogens with two attached hydrogens (primary N) is 1. The number of hydrogen-bond donors (Lipinski definition) is 8. The highest BCUT2D eigenvalue weighted by molar-refractivity contribution is 7.51. The fourth-order valence-electron chi connectivity index (χ4n) is 3.56. The second-order valence-corrected chi connectivity index (χ2v) is 11.8. The Balaban J connectivity index is 0.000000294. The maximum absolute atomic E-state index is 13.0. The molecule has 0 radical (unpaired) electrons. The minimum atomic E-state index is -4.10. The minimum Gasteiger partial charge on any atom is -0.480 e. The summed E-state index contributed by atoms with van der Waals surface area (Å²) in [5, 5.41) is 35.7. The number of ether oxygens (including phenoxy) is 1. The molecule has 22 heteroatoms. The average Bonchev–Trinajstić information content (AvgIpc) is 3.05. The lowest BCUT2D eigenvalue weighted by Crippen LogP contribution is -2.26. The molecule has 4 rings (SSSR count). The van der Waals surface area contributed by atoms with Crippen LogP contribution in [0.25, 0.3) is 0 Å². The molecule has 4 aromatic rings. The number of nitrogens with one attached hydrogen (secondary N) is 3. The van der Waals surface area contributed by atoms with Gasteiger partial charge in [-0.05, 0) is 49.4 Å². The summed E-state index contributed by atoms with van der Waals surface area (Å²) in [6, 6.07) is 16.1. The lowest BCUT2D eigenvalue weighted by molar-refractivity contribution is -0.383. The number of amides is 2. The second-order valence-electron chi connectivity index (χ2n) is 9.75. The zero-order valence-electron chi connectivity index (χ0n) is 26.6. The van der Waals surface area contributed by atoms with E-state index in [2.05, 4.69) is 26.1 Å². The molecule has 0 saturated heterocycles. The van der Waals surface area contributed by atoms with Gasteiger partial charge in [0, 0.05) is 24.0 Å². The smallest absolute Gasteiger partial charge is 0.339 e. The number of nitro benzene ring substituents is 1. The third kappa shape index (κ3) is 14.8. The topological polar surface area (TPSA) is 289 Å². The molecule has 3 aromatic carbocycles. The van der Waals surface area contributed by atoms with Gasteiger partial charge in [-0.25, -0.2) is 23.8 Å². The van der Waals surface area contributed by atoms with Crippen molar-refractivity contribution >= 4 is 59.9 Å². The number of para-hydroxylation sites is 1. The van der Waals surface area contributed by atoms with Crippen molar-refractivity contribution in [2.24, 2.45) is 5.10 Å². The number of benzene rings is 3. The lowest BCUT2D eigenvalue weighted by atomic mass is 10.1. The van der Waals surface area contributed by atoms with Gasteiger partial charge in [0.15, 0.2) is 0 Å². The van der Waals surface area contributed by atoms with Crippen LogP contribution in [0.3, 0.4) is 0 Å². The number of carboxylic acids is 2. The molecule has 0 bridgehead atoms. The molecule has 0 aliphatic rings. The molecule has 9 N–H and O–H groups in total. The Bertz CT molecular complexity index is 1970. The molecule has 1 heterocycles. The number of pyridine rings is 1. The van der Waals surface area contributed by atoms with E-state index in [1.54, 1.807) is 24.3 Å². The van der Waals surface area contributed by atoms with Crippen LogP contribution in [-0.2, 0) is 9.36 Å². The molecule has 0 unspecified atom stereocenters. The van der Waals surface area contributed by atoms with Crippen LogP contribution >= 0.6 is 19.2 Å². The molecule has 0 aliphatic heterocycles. The third-order valence-electron chi connectivity index (χ3n) is 5.71. The predicted octanol–water partition coefficient (Wildman–Crippen LogP) is 5.02. The molecule has 276 valence electrons. The number of aromatic nitrogens is 1. The Morgan fingerprint density at radius 2 is 1.67 bits per heavy atom. The van der Waals surface area contributed by atoms with Crippen molar-refractivity contribution < 1.29 is 57.4 Å². The third-order valence-corrected chi connectivity index (χ3v) is 6.73. The minimum absolute atomic E-state index is 0.0352. The summed E-state index contributed by atoms with van der Waals surface area (Å²) in [5.74, 6) is -3.16. The summed E-state index contributed by atoms with van der Waals surface area (Å²) in [4.78, 5) is 62.9. The molecular weight excluding hydrogens is 739 g/mol. The maximum atomic E-state index is 13.0. The van der Waals surface area contributed by atoms with Gasteiger partial charge in [-0.2, -0.15) is 5.10 Å². The van der Waals surface area contributed by atoms with Crippen molar-refractivity contribution in [3.63, 3.8) is 0 Å². The van der Waals surface area contributed by atoms with Gasteiger partial charge in [-0.15, -0.1) is 0 Å². The van der Waals surface area contributed by atoms with Crippen molar-refractivity contribution in [3.05, 3.63) is 117 Å². The maximum Gasteiger partial charge on any atom is 0.339 e. The number of nitrogens with zero attached hydrogens (tertiary/aromatic N) is 3. The molecule has 52 heavy (non-hydrogen) atoms. The number of nitrogen functional groups attached to an aromatic ring is 1. The van der Waals surface area contributed by atoms with E-state index in [0.717, 1.165) is 12.1 Å². The Morgan fingerprint density at radius 3 is 2.23 bits per heavy atom. The van der Waals surface area contributed by atoms with Gasteiger partial charge in [0.2, 0.25) is 0 Å². The van der Waals surface area contributed by atoms with Crippen LogP contribution < -0.4 is 26.5 Å². The largest absolute Gasteiger partial charge is 0.480 e. The van der Waals surface area contributed by atoms with E-state index < -0.39 is 55.0 Å². The van der Waals surface area contributed by atoms with Crippen LogP contribution in [0.4, 0.5) is 30.6 Å². The van der Waals surface area contributed by atoms with Crippen molar-refractivity contribution in [1.29, 1.82) is 0 Å². The number of hydrogen-bond acceptors (Lipinski definition) is 11. The number of carbonyl (C=O) groups is 3. The monoisotopic (exact) mass is 767 g/mol. The molecule has 0 atom stereocenters. The normalized spacial score (nSPS) is 10.8.